The van der Waals surface area contributed by atoms with Gasteiger partial charge in [-0.25, -0.2) is 0 Å². The molecule has 0 aliphatic heterocycles. The van der Waals surface area contributed by atoms with Crippen molar-refractivity contribution in [3.63, 3.8) is 0 Å². The van der Waals surface area contributed by atoms with Crippen LogP contribution in [-0.2, 0) is 0 Å². The monoisotopic (exact) mass is 278 g/mol. The first-order chi connectivity index (χ1) is 9.63. The van der Waals surface area contributed by atoms with E-state index in [0.29, 0.717) is 6.61 Å². The van der Waals surface area contributed by atoms with Crippen LogP contribution in [0.4, 0.5) is 11.4 Å². The molecular weight excluding hydrogens is 260 g/mol. The van der Waals surface area contributed by atoms with Crippen LogP contribution in [0.25, 0.3) is 0 Å². The van der Waals surface area contributed by atoms with Gasteiger partial charge in [0.05, 0.1) is 11.5 Å². The van der Waals surface area contributed by atoms with Crippen molar-refractivity contribution < 1.29 is 14.8 Å². The van der Waals surface area contributed by atoms with Gasteiger partial charge in [-0.2, -0.15) is 0 Å². The Bertz CT molecular complexity index is 516. The predicted molar refractivity (Wildman–Crippen MR) is 76.0 cm³/mol. The second-order valence-corrected chi connectivity index (χ2v) is 4.69. The third-order valence-electron chi connectivity index (χ3n) is 3.22. The largest absolute Gasteiger partial charge is 0.487 e. The molecule has 0 heterocycles. The number of benzene rings is 1. The third-order valence-corrected chi connectivity index (χ3v) is 3.22. The molecule has 20 heavy (non-hydrogen) atoms. The first-order valence-electron chi connectivity index (χ1n) is 6.61. The number of nitro groups is 1. The van der Waals surface area contributed by atoms with Gasteiger partial charge in [-0.15, -0.1) is 0 Å². The van der Waals surface area contributed by atoms with Gasteiger partial charge >= 0.3 is 5.69 Å². The summed E-state index contributed by atoms with van der Waals surface area (Å²) in [6.45, 7) is 2.30. The van der Waals surface area contributed by atoms with E-state index in [4.69, 9.17) is 9.84 Å². The van der Waals surface area contributed by atoms with E-state index in [1.807, 2.05) is 12.2 Å². The molecule has 2 N–H and O–H groups in total. The van der Waals surface area contributed by atoms with E-state index in [2.05, 4.69) is 5.32 Å². The van der Waals surface area contributed by atoms with Gasteiger partial charge in [-0.3, -0.25) is 10.1 Å². The van der Waals surface area contributed by atoms with Gasteiger partial charge in [-0.05, 0) is 19.4 Å². The molecule has 1 aromatic rings. The third kappa shape index (κ3) is 3.27. The van der Waals surface area contributed by atoms with Crippen LogP contribution in [0, 0.1) is 16.0 Å². The lowest BCUT2D eigenvalue weighted by atomic mass is 10.1. The average molecular weight is 278 g/mol. The Morgan fingerprint density at radius 2 is 2.30 bits per heavy atom. The van der Waals surface area contributed by atoms with Crippen molar-refractivity contribution in [3.8, 4) is 5.75 Å². The van der Waals surface area contributed by atoms with Crippen LogP contribution in [0.3, 0.4) is 0 Å². The molecule has 0 radical (unpaired) electrons. The Morgan fingerprint density at radius 1 is 1.50 bits per heavy atom. The summed E-state index contributed by atoms with van der Waals surface area (Å²) in [6.07, 6.45) is 4.80. The molecule has 0 saturated carbocycles. The van der Waals surface area contributed by atoms with E-state index in [0.717, 1.165) is 12.1 Å². The second kappa shape index (κ2) is 6.38. The lowest BCUT2D eigenvalue weighted by Gasteiger charge is -2.15. The zero-order chi connectivity index (χ0) is 14.5. The summed E-state index contributed by atoms with van der Waals surface area (Å²) >= 11 is 0. The first kappa shape index (κ1) is 14.3. The van der Waals surface area contributed by atoms with Gasteiger partial charge in [0.2, 0.25) is 0 Å². The molecule has 0 amide bonds. The molecule has 2 rings (SSSR count). The minimum absolute atomic E-state index is 0.0346. The number of anilines is 1. The molecule has 0 unspecified atom stereocenters. The fourth-order valence-corrected chi connectivity index (χ4v) is 2.26. The summed E-state index contributed by atoms with van der Waals surface area (Å²) in [5, 5.41) is 23.3. The van der Waals surface area contributed by atoms with E-state index >= 15 is 0 Å². The molecule has 0 bridgehead atoms. The Labute approximate surface area is 117 Å². The molecule has 6 heteroatoms. The highest BCUT2D eigenvalue weighted by molar-refractivity contribution is 5.58. The highest BCUT2D eigenvalue weighted by atomic mass is 16.6. The predicted octanol–water partition coefficient (Wildman–Crippen LogP) is 2.34. The Morgan fingerprint density at radius 3 is 2.90 bits per heavy atom. The number of nitro benzene ring substituents is 1. The number of hydrogen-bond acceptors (Lipinski definition) is 5. The van der Waals surface area contributed by atoms with Crippen molar-refractivity contribution in [2.24, 2.45) is 5.92 Å². The van der Waals surface area contributed by atoms with Crippen LogP contribution in [0.2, 0.25) is 0 Å². The van der Waals surface area contributed by atoms with Crippen LogP contribution < -0.4 is 10.1 Å². The number of nitrogens with one attached hydrogen (secondary N) is 1. The summed E-state index contributed by atoms with van der Waals surface area (Å²) in [6, 6.07) is 4.88. The van der Waals surface area contributed by atoms with Crippen LogP contribution in [0.5, 0.6) is 5.75 Å². The van der Waals surface area contributed by atoms with Crippen molar-refractivity contribution in [1.82, 2.24) is 0 Å². The summed E-state index contributed by atoms with van der Waals surface area (Å²) in [4.78, 5) is 10.4. The smallest absolute Gasteiger partial charge is 0.311 e. The Kier molecular flexibility index (Phi) is 4.57. The van der Waals surface area contributed by atoms with E-state index in [1.54, 1.807) is 19.1 Å². The summed E-state index contributed by atoms with van der Waals surface area (Å²) in [5.74, 6) is 0.445. The van der Waals surface area contributed by atoms with Crippen LogP contribution in [-0.4, -0.2) is 29.3 Å². The molecule has 1 aliphatic rings. The van der Waals surface area contributed by atoms with Crippen molar-refractivity contribution >= 4 is 11.4 Å². The molecule has 1 aliphatic carbocycles. The van der Waals surface area contributed by atoms with E-state index in [-0.39, 0.29) is 30.0 Å². The van der Waals surface area contributed by atoms with Crippen molar-refractivity contribution in [3.05, 3.63) is 40.5 Å². The lowest BCUT2D eigenvalue weighted by Crippen LogP contribution is -2.16. The highest BCUT2D eigenvalue weighted by Crippen LogP contribution is 2.31. The van der Waals surface area contributed by atoms with Crippen molar-refractivity contribution in [2.45, 2.75) is 19.4 Å². The molecular formula is C14H18N2O4. The maximum absolute atomic E-state index is 10.9. The van der Waals surface area contributed by atoms with Gasteiger partial charge in [-0.1, -0.05) is 12.2 Å². The van der Waals surface area contributed by atoms with E-state index < -0.39 is 4.92 Å². The Hall–Kier alpha value is -2.08. The quantitative estimate of drug-likeness (QED) is 0.474. The summed E-state index contributed by atoms with van der Waals surface area (Å²) in [5.41, 5.74) is 0.736. The van der Waals surface area contributed by atoms with E-state index in [1.165, 1.54) is 6.07 Å². The minimum atomic E-state index is -0.452. The summed E-state index contributed by atoms with van der Waals surface area (Å²) in [7, 11) is 0. The maximum atomic E-state index is 10.9. The Balaban J connectivity index is 2.11. The van der Waals surface area contributed by atoms with Crippen LogP contribution in [0.1, 0.15) is 13.3 Å². The van der Waals surface area contributed by atoms with Gasteiger partial charge in [0.1, 0.15) is 0 Å². The minimum Gasteiger partial charge on any atom is -0.487 e. The fourth-order valence-electron chi connectivity index (χ4n) is 2.26. The highest BCUT2D eigenvalue weighted by Gasteiger charge is 2.20. The number of nitrogens with zero attached hydrogens (tertiary/aromatic N) is 1. The van der Waals surface area contributed by atoms with Crippen molar-refractivity contribution in [2.75, 3.05) is 18.5 Å². The number of ether oxygens (including phenoxy) is 1. The molecule has 108 valence electrons. The zero-order valence-electron chi connectivity index (χ0n) is 11.3. The molecule has 1 aromatic carbocycles. The summed E-state index contributed by atoms with van der Waals surface area (Å²) < 4.78 is 5.31. The molecule has 0 saturated heterocycles. The average Bonchev–Trinajstić information content (AvgIpc) is 2.87. The van der Waals surface area contributed by atoms with Gasteiger partial charge in [0.15, 0.2) is 5.75 Å². The van der Waals surface area contributed by atoms with Crippen LogP contribution >= 0.6 is 0 Å². The molecule has 0 fully saturated rings. The lowest BCUT2D eigenvalue weighted by molar-refractivity contribution is -0.385. The number of rotatable bonds is 6. The normalized spacial score (nSPS) is 20.9. The molecule has 0 spiro atoms. The number of aliphatic hydroxyl groups is 1. The fraction of sp³-hybridized carbons (Fsp3) is 0.429. The van der Waals surface area contributed by atoms with Gasteiger partial charge < -0.3 is 15.2 Å². The molecule has 2 atom stereocenters. The first-order valence-corrected chi connectivity index (χ1v) is 6.61. The standard InChI is InChI=1S/C14H18N2O4/c1-2-20-14-8-12(5-6-13(14)16(18)19)15-11-4-3-10(7-11)9-17/h3-6,8,10-11,15,17H,2,7,9H2,1H3/t10-,11+/m1/s1. The molecule has 6 nitrogen and oxygen atoms in total. The topological polar surface area (TPSA) is 84.6 Å². The maximum Gasteiger partial charge on any atom is 0.311 e. The molecule has 0 aromatic heterocycles. The number of aliphatic hydroxyl groups excluding tert-OH is 1. The zero-order valence-corrected chi connectivity index (χ0v) is 11.3. The SMILES string of the molecule is CCOc1cc(N[C@H]2C=C[C@@H](CO)C2)ccc1[N+](=O)[O-]. The number of hydrogen-bond donors (Lipinski definition) is 2. The van der Waals surface area contributed by atoms with Gasteiger partial charge in [0.25, 0.3) is 0 Å². The van der Waals surface area contributed by atoms with E-state index in [9.17, 15) is 10.1 Å². The van der Waals surface area contributed by atoms with Crippen molar-refractivity contribution in [1.29, 1.82) is 0 Å². The van der Waals surface area contributed by atoms with Crippen LogP contribution in [0.15, 0.2) is 30.4 Å². The second-order valence-electron chi connectivity index (χ2n) is 4.69. The van der Waals surface area contributed by atoms with Gasteiger partial charge in [0, 0.05) is 36.4 Å².